The van der Waals surface area contributed by atoms with Gasteiger partial charge in [-0.1, -0.05) is 0 Å². The lowest BCUT2D eigenvalue weighted by Gasteiger charge is -1.97. The molecule has 0 aliphatic rings. The van der Waals surface area contributed by atoms with Gasteiger partial charge in [-0.05, 0) is 51.0 Å². The van der Waals surface area contributed by atoms with E-state index in [4.69, 9.17) is 11.5 Å². The van der Waals surface area contributed by atoms with Gasteiger partial charge in [0.15, 0.2) is 0 Å². The fourth-order valence-electron chi connectivity index (χ4n) is 1.32. The minimum absolute atomic E-state index is 0.773. The van der Waals surface area contributed by atoms with Gasteiger partial charge in [0.2, 0.25) is 0 Å². The number of rotatable bonds is 0. The number of pyridine rings is 2. The summed E-state index contributed by atoms with van der Waals surface area (Å²) in [7, 11) is 0. The second-order valence-corrected chi connectivity index (χ2v) is 4.37. The van der Waals surface area contributed by atoms with Crippen molar-refractivity contribution in [2.45, 2.75) is 27.7 Å². The number of nitrogen functional groups attached to an aromatic ring is 2. The van der Waals surface area contributed by atoms with Crippen LogP contribution in [0.15, 0.2) is 24.5 Å². The summed E-state index contributed by atoms with van der Waals surface area (Å²) in [5.41, 5.74) is 16.7. The van der Waals surface area contributed by atoms with E-state index in [1.165, 1.54) is 0 Å². The molecule has 2 aromatic heterocycles. The second kappa shape index (κ2) is 6.00. The molecule has 2 heterocycles. The molecule has 0 radical (unpaired) electrons. The Balaban J connectivity index is 0.000000180. The summed E-state index contributed by atoms with van der Waals surface area (Å²) < 4.78 is 0. The zero-order valence-corrected chi connectivity index (χ0v) is 11.4. The highest BCUT2D eigenvalue weighted by Gasteiger charge is 1.92. The first-order valence-corrected chi connectivity index (χ1v) is 5.77. The van der Waals surface area contributed by atoms with Crippen molar-refractivity contribution >= 4 is 11.4 Å². The minimum atomic E-state index is 0.773. The highest BCUT2D eigenvalue weighted by Crippen LogP contribution is 2.08. The summed E-state index contributed by atoms with van der Waals surface area (Å²) in [6.45, 7) is 7.75. The standard InChI is InChI=1S/2C7H10N2/c2*1-5-3-7(8)6(2)9-4-5/h2*3-4H,8H2,1-2H3. The van der Waals surface area contributed by atoms with E-state index in [1.807, 2.05) is 52.2 Å². The number of nitrogens with two attached hydrogens (primary N) is 2. The van der Waals surface area contributed by atoms with Gasteiger partial charge in [0.25, 0.3) is 0 Å². The first kappa shape index (κ1) is 14.0. The SMILES string of the molecule is Cc1cnc(C)c(N)c1.Cc1cnc(C)c(N)c1. The molecule has 0 aliphatic carbocycles. The summed E-state index contributed by atoms with van der Waals surface area (Å²) in [4.78, 5) is 8.11. The third-order valence-corrected chi connectivity index (χ3v) is 2.53. The Morgan fingerprint density at radius 1 is 0.722 bits per heavy atom. The topological polar surface area (TPSA) is 77.8 Å². The van der Waals surface area contributed by atoms with Gasteiger partial charge < -0.3 is 11.5 Å². The summed E-state index contributed by atoms with van der Waals surface area (Å²) in [5, 5.41) is 0. The van der Waals surface area contributed by atoms with Gasteiger partial charge in [-0.15, -0.1) is 0 Å². The average molecular weight is 244 g/mol. The fourth-order valence-corrected chi connectivity index (χ4v) is 1.32. The van der Waals surface area contributed by atoms with Crippen LogP contribution < -0.4 is 11.5 Å². The summed E-state index contributed by atoms with van der Waals surface area (Å²) >= 11 is 0. The van der Waals surface area contributed by atoms with Crippen LogP contribution in [0.4, 0.5) is 11.4 Å². The molecular weight excluding hydrogens is 224 g/mol. The Labute approximate surface area is 108 Å². The van der Waals surface area contributed by atoms with Gasteiger partial charge in [-0.2, -0.15) is 0 Å². The number of nitrogens with zero attached hydrogens (tertiary/aromatic N) is 2. The zero-order chi connectivity index (χ0) is 13.7. The van der Waals surface area contributed by atoms with Gasteiger partial charge in [-0.25, -0.2) is 0 Å². The summed E-state index contributed by atoms with van der Waals surface area (Å²) in [6, 6.07) is 3.84. The van der Waals surface area contributed by atoms with Crippen LogP contribution in [0, 0.1) is 27.7 Å². The van der Waals surface area contributed by atoms with Crippen molar-refractivity contribution in [3.8, 4) is 0 Å². The zero-order valence-electron chi connectivity index (χ0n) is 11.4. The predicted octanol–water partition coefficient (Wildman–Crippen LogP) is 2.56. The normalized spacial score (nSPS) is 9.56. The van der Waals surface area contributed by atoms with E-state index >= 15 is 0 Å². The molecule has 96 valence electrons. The molecule has 4 N–H and O–H groups in total. The van der Waals surface area contributed by atoms with Crippen molar-refractivity contribution in [1.29, 1.82) is 0 Å². The molecule has 0 spiro atoms. The van der Waals surface area contributed by atoms with Gasteiger partial charge >= 0.3 is 0 Å². The van der Waals surface area contributed by atoms with Crippen LogP contribution in [-0.4, -0.2) is 9.97 Å². The minimum Gasteiger partial charge on any atom is -0.397 e. The monoisotopic (exact) mass is 244 g/mol. The Kier molecular flexibility index (Phi) is 4.66. The largest absolute Gasteiger partial charge is 0.397 e. The van der Waals surface area contributed by atoms with Gasteiger partial charge in [0.1, 0.15) is 0 Å². The third-order valence-electron chi connectivity index (χ3n) is 2.53. The van der Waals surface area contributed by atoms with E-state index in [9.17, 15) is 0 Å². The molecule has 0 aliphatic heterocycles. The van der Waals surface area contributed by atoms with E-state index in [0.717, 1.165) is 33.9 Å². The van der Waals surface area contributed by atoms with Gasteiger partial charge in [0, 0.05) is 12.4 Å². The molecule has 0 bridgehead atoms. The van der Waals surface area contributed by atoms with E-state index in [0.29, 0.717) is 0 Å². The van der Waals surface area contributed by atoms with Crippen LogP contribution in [-0.2, 0) is 0 Å². The predicted molar refractivity (Wildman–Crippen MR) is 76.2 cm³/mol. The third kappa shape index (κ3) is 4.05. The summed E-state index contributed by atoms with van der Waals surface area (Å²) in [6.07, 6.45) is 3.62. The van der Waals surface area contributed by atoms with E-state index < -0.39 is 0 Å². The molecule has 0 saturated heterocycles. The smallest absolute Gasteiger partial charge is 0.0601 e. The molecule has 0 aromatic carbocycles. The van der Waals surface area contributed by atoms with Crippen LogP contribution >= 0.6 is 0 Å². The van der Waals surface area contributed by atoms with Crippen LogP contribution in [0.5, 0.6) is 0 Å². The Morgan fingerprint density at radius 2 is 1.06 bits per heavy atom. The Morgan fingerprint density at radius 3 is 1.28 bits per heavy atom. The molecule has 0 saturated carbocycles. The lowest BCUT2D eigenvalue weighted by Crippen LogP contribution is -1.92. The lowest BCUT2D eigenvalue weighted by atomic mass is 10.2. The molecule has 0 amide bonds. The molecule has 18 heavy (non-hydrogen) atoms. The molecular formula is C14H20N4. The quantitative estimate of drug-likeness (QED) is 0.746. The van der Waals surface area contributed by atoms with Crippen molar-refractivity contribution in [3.05, 3.63) is 47.0 Å². The highest BCUT2D eigenvalue weighted by atomic mass is 14.7. The summed E-state index contributed by atoms with van der Waals surface area (Å²) in [5.74, 6) is 0. The van der Waals surface area contributed by atoms with Crippen molar-refractivity contribution in [3.63, 3.8) is 0 Å². The van der Waals surface area contributed by atoms with Crippen LogP contribution in [0.25, 0.3) is 0 Å². The fraction of sp³-hybridized carbons (Fsp3) is 0.286. The number of hydrogen-bond donors (Lipinski definition) is 2. The maximum Gasteiger partial charge on any atom is 0.0601 e. The molecule has 0 fully saturated rings. The van der Waals surface area contributed by atoms with Crippen molar-refractivity contribution in [2.75, 3.05) is 11.5 Å². The molecule has 4 heteroatoms. The molecule has 2 aromatic rings. The number of aryl methyl sites for hydroxylation is 4. The van der Waals surface area contributed by atoms with Crippen molar-refractivity contribution < 1.29 is 0 Å². The second-order valence-electron chi connectivity index (χ2n) is 4.37. The maximum atomic E-state index is 5.56. The molecule has 0 atom stereocenters. The molecule has 2 rings (SSSR count). The Bertz CT molecular complexity index is 486. The van der Waals surface area contributed by atoms with E-state index in [1.54, 1.807) is 0 Å². The average Bonchev–Trinajstić information content (AvgIpc) is 2.30. The lowest BCUT2D eigenvalue weighted by molar-refractivity contribution is 1.18. The van der Waals surface area contributed by atoms with Gasteiger partial charge in [-0.3, -0.25) is 9.97 Å². The maximum absolute atomic E-state index is 5.56. The first-order valence-electron chi connectivity index (χ1n) is 5.77. The van der Waals surface area contributed by atoms with Crippen LogP contribution in [0.3, 0.4) is 0 Å². The highest BCUT2D eigenvalue weighted by molar-refractivity contribution is 5.44. The number of aromatic nitrogens is 2. The first-order chi connectivity index (χ1) is 8.40. The van der Waals surface area contributed by atoms with Crippen molar-refractivity contribution in [2.24, 2.45) is 0 Å². The Hall–Kier alpha value is -2.10. The molecule has 0 unspecified atom stereocenters. The number of hydrogen-bond acceptors (Lipinski definition) is 4. The van der Waals surface area contributed by atoms with E-state index in [2.05, 4.69) is 9.97 Å². The number of anilines is 2. The van der Waals surface area contributed by atoms with E-state index in [-0.39, 0.29) is 0 Å². The van der Waals surface area contributed by atoms with Gasteiger partial charge in [0.05, 0.1) is 22.8 Å². The van der Waals surface area contributed by atoms with Crippen molar-refractivity contribution in [1.82, 2.24) is 9.97 Å². The molecule has 4 nitrogen and oxygen atoms in total. The van der Waals surface area contributed by atoms with Crippen LogP contribution in [0.1, 0.15) is 22.5 Å². The van der Waals surface area contributed by atoms with Crippen LogP contribution in [0.2, 0.25) is 0 Å².